The van der Waals surface area contributed by atoms with Crippen molar-refractivity contribution in [2.75, 3.05) is 6.61 Å². The van der Waals surface area contributed by atoms with E-state index in [9.17, 15) is 5.26 Å². The molecule has 1 aliphatic rings. The molecule has 2 heteroatoms. The van der Waals surface area contributed by atoms with Crippen LogP contribution >= 0.6 is 0 Å². The lowest BCUT2D eigenvalue weighted by Crippen LogP contribution is -2.43. The van der Waals surface area contributed by atoms with Crippen LogP contribution in [0.2, 0.25) is 0 Å². The highest BCUT2D eigenvalue weighted by Gasteiger charge is 2.41. The van der Waals surface area contributed by atoms with Gasteiger partial charge in [-0.2, -0.15) is 5.26 Å². The molecule has 18 heavy (non-hydrogen) atoms. The summed E-state index contributed by atoms with van der Waals surface area (Å²) in [6.07, 6.45) is 2.42. The Morgan fingerprint density at radius 3 is 2.50 bits per heavy atom. The maximum Gasteiger partial charge on any atom is 0.0635 e. The third kappa shape index (κ3) is 2.57. The van der Waals surface area contributed by atoms with Gasteiger partial charge >= 0.3 is 0 Å². The van der Waals surface area contributed by atoms with Crippen LogP contribution in [0, 0.1) is 18.3 Å². The summed E-state index contributed by atoms with van der Waals surface area (Å²) in [6.45, 7) is 7.07. The molecule has 0 aliphatic carbocycles. The highest BCUT2D eigenvalue weighted by molar-refractivity contribution is 5.31. The minimum Gasteiger partial charge on any atom is -0.376 e. The van der Waals surface area contributed by atoms with Gasteiger partial charge in [0.2, 0.25) is 0 Å². The molecule has 1 fully saturated rings. The quantitative estimate of drug-likeness (QED) is 0.792. The predicted molar refractivity (Wildman–Crippen MR) is 72.4 cm³/mol. The fraction of sp³-hybridized carbons (Fsp3) is 0.562. The highest BCUT2D eigenvalue weighted by Crippen LogP contribution is 2.43. The molecule has 2 rings (SSSR count). The minimum absolute atomic E-state index is 0.0375. The molecule has 0 saturated carbocycles. The second-order valence-electron chi connectivity index (χ2n) is 6.02. The zero-order valence-corrected chi connectivity index (χ0v) is 11.5. The number of nitrogens with zero attached hydrogens (tertiary/aromatic N) is 1. The lowest BCUT2D eigenvalue weighted by atomic mass is 9.67. The molecule has 0 amide bonds. The molecular weight excluding hydrogens is 222 g/mol. The summed E-state index contributed by atoms with van der Waals surface area (Å²) in [6, 6.07) is 11.0. The van der Waals surface area contributed by atoms with Crippen LogP contribution in [0.5, 0.6) is 0 Å². The second-order valence-corrected chi connectivity index (χ2v) is 6.02. The summed E-state index contributed by atoms with van der Waals surface area (Å²) in [5.41, 5.74) is 2.37. The van der Waals surface area contributed by atoms with Crippen LogP contribution in [0.25, 0.3) is 0 Å². The maximum absolute atomic E-state index is 9.18. The first-order valence-corrected chi connectivity index (χ1v) is 6.56. The third-order valence-corrected chi connectivity index (χ3v) is 3.92. The summed E-state index contributed by atoms with van der Waals surface area (Å²) in [4.78, 5) is 0. The molecule has 0 N–H and O–H groups in total. The lowest BCUT2D eigenvalue weighted by Gasteiger charge is -2.44. The first-order chi connectivity index (χ1) is 8.47. The van der Waals surface area contributed by atoms with Gasteiger partial charge in [-0.1, -0.05) is 29.8 Å². The molecular formula is C16H21NO. The lowest BCUT2D eigenvalue weighted by molar-refractivity contribution is -0.0816. The smallest absolute Gasteiger partial charge is 0.0635 e. The van der Waals surface area contributed by atoms with E-state index in [2.05, 4.69) is 51.1 Å². The zero-order valence-electron chi connectivity index (χ0n) is 11.5. The van der Waals surface area contributed by atoms with Crippen LogP contribution < -0.4 is 0 Å². The zero-order chi connectivity index (χ0) is 13.2. The number of hydrogen-bond acceptors (Lipinski definition) is 2. The Labute approximate surface area is 110 Å². The first-order valence-electron chi connectivity index (χ1n) is 6.56. The Hall–Kier alpha value is -1.33. The number of benzene rings is 1. The van der Waals surface area contributed by atoms with Gasteiger partial charge in [-0.25, -0.2) is 0 Å². The number of rotatable bonds is 2. The molecule has 0 aromatic heterocycles. The van der Waals surface area contributed by atoms with Gasteiger partial charge in [0.25, 0.3) is 0 Å². The van der Waals surface area contributed by atoms with Crippen LogP contribution in [0.3, 0.4) is 0 Å². The van der Waals surface area contributed by atoms with Gasteiger partial charge < -0.3 is 4.74 Å². The SMILES string of the molecule is Cc1ccc(C2(CC#N)CCOC(C)(C)C2)cc1. The highest BCUT2D eigenvalue weighted by atomic mass is 16.5. The monoisotopic (exact) mass is 243 g/mol. The van der Waals surface area contributed by atoms with E-state index >= 15 is 0 Å². The van der Waals surface area contributed by atoms with E-state index in [1.54, 1.807) is 0 Å². The Balaban J connectivity index is 2.38. The molecule has 2 nitrogen and oxygen atoms in total. The summed E-state index contributed by atoms with van der Waals surface area (Å²) in [5.74, 6) is 0. The van der Waals surface area contributed by atoms with Crippen LogP contribution in [0.1, 0.15) is 44.2 Å². The van der Waals surface area contributed by atoms with Crippen molar-refractivity contribution in [3.63, 3.8) is 0 Å². The van der Waals surface area contributed by atoms with Crippen molar-refractivity contribution >= 4 is 0 Å². The molecule has 0 bridgehead atoms. The van der Waals surface area contributed by atoms with E-state index in [0.717, 1.165) is 19.4 Å². The van der Waals surface area contributed by atoms with Crippen LogP contribution in [0.15, 0.2) is 24.3 Å². The molecule has 1 unspecified atom stereocenters. The molecule has 96 valence electrons. The standard InChI is InChI=1S/C16H21NO/c1-13-4-6-14(7-5-13)16(8-10-17)9-11-18-15(2,3)12-16/h4-7H,8-9,11-12H2,1-3H3. The fourth-order valence-electron chi connectivity index (χ4n) is 3.03. The average molecular weight is 243 g/mol. The van der Waals surface area contributed by atoms with E-state index < -0.39 is 0 Å². The molecule has 1 saturated heterocycles. The van der Waals surface area contributed by atoms with Gasteiger partial charge in [0, 0.05) is 18.4 Å². The van der Waals surface area contributed by atoms with E-state index in [-0.39, 0.29) is 11.0 Å². The summed E-state index contributed by atoms with van der Waals surface area (Å²) in [7, 11) is 0. The molecule has 1 heterocycles. The second kappa shape index (κ2) is 4.74. The largest absolute Gasteiger partial charge is 0.376 e. The molecule has 0 spiro atoms. The van der Waals surface area contributed by atoms with Gasteiger partial charge in [0.05, 0.1) is 11.7 Å². The Morgan fingerprint density at radius 2 is 1.94 bits per heavy atom. The van der Waals surface area contributed by atoms with E-state index in [1.807, 2.05) is 0 Å². The number of hydrogen-bond donors (Lipinski definition) is 0. The average Bonchev–Trinajstić information content (AvgIpc) is 2.28. The van der Waals surface area contributed by atoms with E-state index in [0.29, 0.717) is 6.42 Å². The van der Waals surface area contributed by atoms with Crippen LogP contribution in [-0.4, -0.2) is 12.2 Å². The van der Waals surface area contributed by atoms with Crippen LogP contribution in [-0.2, 0) is 10.2 Å². The van der Waals surface area contributed by atoms with Crippen molar-refractivity contribution in [1.29, 1.82) is 5.26 Å². The van der Waals surface area contributed by atoms with Gasteiger partial charge in [-0.15, -0.1) is 0 Å². The molecule has 1 aromatic carbocycles. The fourth-order valence-corrected chi connectivity index (χ4v) is 3.03. The predicted octanol–water partition coefficient (Wildman–Crippen LogP) is 3.74. The summed E-state index contributed by atoms with van der Waals surface area (Å²) < 4.78 is 5.80. The number of aryl methyl sites for hydroxylation is 1. The molecule has 1 atom stereocenters. The maximum atomic E-state index is 9.18. The van der Waals surface area contributed by atoms with Crippen molar-refractivity contribution in [3.05, 3.63) is 35.4 Å². The van der Waals surface area contributed by atoms with Crippen molar-refractivity contribution < 1.29 is 4.74 Å². The third-order valence-electron chi connectivity index (χ3n) is 3.92. The van der Waals surface area contributed by atoms with Gasteiger partial charge in [0.15, 0.2) is 0 Å². The molecule has 1 aromatic rings. The van der Waals surface area contributed by atoms with Crippen LogP contribution in [0.4, 0.5) is 0 Å². The molecule has 0 radical (unpaired) electrons. The van der Waals surface area contributed by atoms with Crippen molar-refractivity contribution in [1.82, 2.24) is 0 Å². The van der Waals surface area contributed by atoms with Gasteiger partial charge in [0.1, 0.15) is 0 Å². The van der Waals surface area contributed by atoms with Gasteiger partial charge in [-0.3, -0.25) is 0 Å². The normalized spacial score (nSPS) is 26.6. The summed E-state index contributed by atoms with van der Waals surface area (Å²) >= 11 is 0. The first kappa shape index (κ1) is 13.1. The van der Waals surface area contributed by atoms with Crippen molar-refractivity contribution in [2.24, 2.45) is 0 Å². The van der Waals surface area contributed by atoms with Crippen molar-refractivity contribution in [3.8, 4) is 6.07 Å². The topological polar surface area (TPSA) is 33.0 Å². The molecule has 1 aliphatic heterocycles. The number of nitriles is 1. The van der Waals surface area contributed by atoms with E-state index in [1.165, 1.54) is 11.1 Å². The Morgan fingerprint density at radius 1 is 1.28 bits per heavy atom. The van der Waals surface area contributed by atoms with Gasteiger partial charge in [-0.05, 0) is 39.2 Å². The van der Waals surface area contributed by atoms with Crippen molar-refractivity contribution in [2.45, 2.75) is 51.0 Å². The Kier molecular flexibility index (Phi) is 3.45. The Bertz CT molecular complexity index is 455. The van der Waals surface area contributed by atoms with E-state index in [4.69, 9.17) is 4.74 Å². The minimum atomic E-state index is -0.139. The number of ether oxygens (including phenoxy) is 1. The summed E-state index contributed by atoms with van der Waals surface area (Å²) in [5, 5.41) is 9.18.